The molecule has 4 rings (SSSR count). The highest BCUT2D eigenvalue weighted by Gasteiger charge is 2.39. The van der Waals surface area contributed by atoms with E-state index in [2.05, 4.69) is 0 Å². The lowest BCUT2D eigenvalue weighted by molar-refractivity contribution is -0.146. The number of benzene rings is 2. The summed E-state index contributed by atoms with van der Waals surface area (Å²) in [6, 6.07) is 4.70. The van der Waals surface area contributed by atoms with Gasteiger partial charge in [0.05, 0.1) is 37.0 Å². The topological polar surface area (TPSA) is 102 Å². The average Bonchev–Trinajstić information content (AvgIpc) is 3.14. The van der Waals surface area contributed by atoms with Crippen molar-refractivity contribution in [3.8, 4) is 17.2 Å². The van der Waals surface area contributed by atoms with Crippen LogP contribution in [0.1, 0.15) is 56.3 Å². The lowest BCUT2D eigenvalue weighted by Crippen LogP contribution is -2.27. The summed E-state index contributed by atoms with van der Waals surface area (Å²) < 4.78 is 16.4. The van der Waals surface area contributed by atoms with Crippen molar-refractivity contribution in [2.24, 2.45) is 0 Å². The predicted octanol–water partition coefficient (Wildman–Crippen LogP) is 2.89. The van der Waals surface area contributed by atoms with Crippen molar-refractivity contribution in [3.63, 3.8) is 0 Å². The summed E-state index contributed by atoms with van der Waals surface area (Å²) in [6.07, 6.45) is 0.719. The molecular weight excluding hydrogens is 376 g/mol. The third kappa shape index (κ3) is 2.89. The highest BCUT2D eigenvalue weighted by Crippen LogP contribution is 2.45. The summed E-state index contributed by atoms with van der Waals surface area (Å²) in [4.78, 5) is 26.3. The Morgan fingerprint density at radius 3 is 2.34 bits per heavy atom. The Morgan fingerprint density at radius 2 is 1.69 bits per heavy atom. The molecule has 2 aromatic carbocycles. The minimum Gasteiger partial charge on any atom is -0.507 e. The van der Waals surface area contributed by atoms with Crippen molar-refractivity contribution in [1.29, 1.82) is 0 Å². The molecule has 1 heterocycles. The number of ether oxygens (including phenoxy) is 3. The molecule has 7 nitrogen and oxygen atoms in total. The van der Waals surface area contributed by atoms with Crippen LogP contribution in [0.15, 0.2) is 18.2 Å². The maximum Gasteiger partial charge on any atom is 0.202 e. The molecule has 0 bridgehead atoms. The molecule has 2 aromatic rings. The zero-order chi connectivity index (χ0) is 20.9. The number of ketones is 2. The average molecular weight is 398 g/mol. The maximum absolute atomic E-state index is 13.2. The van der Waals surface area contributed by atoms with Crippen LogP contribution in [0.5, 0.6) is 17.2 Å². The van der Waals surface area contributed by atoms with Crippen LogP contribution in [0.4, 0.5) is 0 Å². The number of methoxy groups -OCH3 is 1. The number of carbonyl (C=O) groups excluding carboxylic acids is 2. The van der Waals surface area contributed by atoms with Gasteiger partial charge in [-0.05, 0) is 31.9 Å². The molecule has 1 saturated heterocycles. The smallest absolute Gasteiger partial charge is 0.202 e. The molecule has 0 radical (unpaired) electrons. The number of phenolic OH excluding ortho intramolecular Hbond substituents is 2. The number of hydrogen-bond acceptors (Lipinski definition) is 7. The molecule has 152 valence electrons. The van der Waals surface area contributed by atoms with E-state index in [1.165, 1.54) is 13.2 Å². The number of fused-ring (bicyclic) bond motifs is 2. The Hall–Kier alpha value is -2.90. The summed E-state index contributed by atoms with van der Waals surface area (Å²) >= 11 is 0. The summed E-state index contributed by atoms with van der Waals surface area (Å²) in [5.74, 6) is -2.22. The van der Waals surface area contributed by atoms with E-state index in [1.807, 2.05) is 0 Å². The monoisotopic (exact) mass is 398 g/mol. The molecule has 0 atom stereocenters. The van der Waals surface area contributed by atoms with Crippen LogP contribution in [-0.4, -0.2) is 47.9 Å². The molecule has 0 aromatic heterocycles. The van der Waals surface area contributed by atoms with Gasteiger partial charge in [-0.25, -0.2) is 0 Å². The van der Waals surface area contributed by atoms with Gasteiger partial charge in [0.1, 0.15) is 17.2 Å². The molecule has 0 amide bonds. The molecule has 2 aliphatic rings. The molecule has 0 saturated carbocycles. The highest BCUT2D eigenvalue weighted by atomic mass is 16.7. The first-order chi connectivity index (χ1) is 13.8. The Kier molecular flexibility index (Phi) is 4.59. The second kappa shape index (κ2) is 6.86. The first kappa shape index (κ1) is 19.4. The van der Waals surface area contributed by atoms with E-state index in [0.29, 0.717) is 37.2 Å². The molecular formula is C22H22O7. The molecule has 0 spiro atoms. The van der Waals surface area contributed by atoms with Crippen LogP contribution >= 0.6 is 0 Å². The molecule has 7 heteroatoms. The van der Waals surface area contributed by atoms with Gasteiger partial charge in [-0.15, -0.1) is 0 Å². The molecule has 29 heavy (non-hydrogen) atoms. The lowest BCUT2D eigenvalue weighted by Gasteiger charge is -2.26. The molecule has 1 fully saturated rings. The second-order valence-corrected chi connectivity index (χ2v) is 7.42. The predicted molar refractivity (Wildman–Crippen MR) is 103 cm³/mol. The van der Waals surface area contributed by atoms with Gasteiger partial charge in [-0.1, -0.05) is 12.1 Å². The summed E-state index contributed by atoms with van der Waals surface area (Å²) in [5.41, 5.74) is 0.615. The van der Waals surface area contributed by atoms with E-state index in [4.69, 9.17) is 14.2 Å². The quantitative estimate of drug-likeness (QED) is 0.652. The fourth-order valence-electron chi connectivity index (χ4n) is 4.08. The van der Waals surface area contributed by atoms with Crippen LogP contribution in [0.3, 0.4) is 0 Å². The molecule has 1 aliphatic heterocycles. The normalized spacial score (nSPS) is 17.2. The zero-order valence-corrected chi connectivity index (χ0v) is 16.5. The van der Waals surface area contributed by atoms with Crippen molar-refractivity contribution in [2.45, 2.75) is 32.5 Å². The minimum absolute atomic E-state index is 0.0893. The first-order valence-electron chi connectivity index (χ1n) is 9.40. The van der Waals surface area contributed by atoms with E-state index >= 15 is 0 Å². The van der Waals surface area contributed by atoms with Gasteiger partial charge in [0, 0.05) is 17.5 Å². The molecule has 2 N–H and O–H groups in total. The van der Waals surface area contributed by atoms with Gasteiger partial charge in [0.25, 0.3) is 0 Å². The Morgan fingerprint density at radius 1 is 1.03 bits per heavy atom. The standard InChI is InChI=1S/C22H22O7/c1-11-12(7-8-22(2)28-9-10-29-22)19(24)17-16(18(11)23)20(25)13-5-4-6-14(27-3)15(13)21(17)26/h4-6,23-24H,7-10H2,1-3H3. The highest BCUT2D eigenvalue weighted by molar-refractivity contribution is 6.31. The van der Waals surface area contributed by atoms with Crippen molar-refractivity contribution in [3.05, 3.63) is 51.6 Å². The fraction of sp³-hybridized carbons (Fsp3) is 0.364. The van der Waals surface area contributed by atoms with Crippen molar-refractivity contribution >= 4 is 11.6 Å². The number of phenols is 2. The number of hydrogen-bond donors (Lipinski definition) is 2. The summed E-state index contributed by atoms with van der Waals surface area (Å²) in [5, 5.41) is 21.7. The van der Waals surface area contributed by atoms with Crippen LogP contribution < -0.4 is 4.74 Å². The van der Waals surface area contributed by atoms with Gasteiger partial charge in [-0.2, -0.15) is 0 Å². The van der Waals surface area contributed by atoms with Crippen molar-refractivity contribution in [2.75, 3.05) is 20.3 Å². The van der Waals surface area contributed by atoms with E-state index in [1.54, 1.807) is 26.0 Å². The summed E-state index contributed by atoms with van der Waals surface area (Å²) in [6.45, 7) is 4.39. The third-order valence-corrected chi connectivity index (χ3v) is 5.72. The SMILES string of the molecule is COc1cccc2c1C(=O)c1c(O)c(CCC3(C)OCCO3)c(C)c(O)c1C2=O. The van der Waals surface area contributed by atoms with Crippen molar-refractivity contribution < 1.29 is 34.0 Å². The molecule has 1 aliphatic carbocycles. The van der Waals surface area contributed by atoms with Gasteiger partial charge >= 0.3 is 0 Å². The Bertz CT molecular complexity index is 1030. The minimum atomic E-state index is -0.792. The van der Waals surface area contributed by atoms with E-state index in [9.17, 15) is 19.8 Å². The van der Waals surface area contributed by atoms with Gasteiger partial charge in [-0.3, -0.25) is 9.59 Å². The first-order valence-corrected chi connectivity index (χ1v) is 9.40. The van der Waals surface area contributed by atoms with Gasteiger partial charge in [0.15, 0.2) is 11.6 Å². The third-order valence-electron chi connectivity index (χ3n) is 5.72. The van der Waals surface area contributed by atoms with Crippen LogP contribution in [0.2, 0.25) is 0 Å². The second-order valence-electron chi connectivity index (χ2n) is 7.42. The largest absolute Gasteiger partial charge is 0.507 e. The zero-order valence-electron chi connectivity index (χ0n) is 16.5. The van der Waals surface area contributed by atoms with E-state index < -0.39 is 17.4 Å². The van der Waals surface area contributed by atoms with E-state index in [0.717, 1.165) is 0 Å². The van der Waals surface area contributed by atoms with Gasteiger partial charge in [0.2, 0.25) is 5.78 Å². The Labute approximate surface area is 167 Å². The van der Waals surface area contributed by atoms with Crippen molar-refractivity contribution in [1.82, 2.24) is 0 Å². The molecule has 0 unspecified atom stereocenters. The van der Waals surface area contributed by atoms with Crippen LogP contribution in [0, 0.1) is 6.92 Å². The Balaban J connectivity index is 1.85. The van der Waals surface area contributed by atoms with E-state index in [-0.39, 0.29) is 39.5 Å². The fourth-order valence-corrected chi connectivity index (χ4v) is 4.08. The maximum atomic E-state index is 13.2. The van der Waals surface area contributed by atoms with Gasteiger partial charge < -0.3 is 24.4 Å². The summed E-state index contributed by atoms with van der Waals surface area (Å²) in [7, 11) is 1.41. The van der Waals surface area contributed by atoms with Crippen LogP contribution in [-0.2, 0) is 15.9 Å². The lowest BCUT2D eigenvalue weighted by atomic mass is 9.79. The number of rotatable bonds is 4. The van der Waals surface area contributed by atoms with Crippen LogP contribution in [0.25, 0.3) is 0 Å². The number of aromatic hydroxyl groups is 2. The number of carbonyl (C=O) groups is 2.